The fourth-order valence-electron chi connectivity index (χ4n) is 2.62. The molecule has 16 heavy (non-hydrogen) atoms. The Hall–Kier alpha value is -1.38. The minimum Gasteiger partial charge on any atom is -0.481 e. The van der Waals surface area contributed by atoms with E-state index < -0.39 is 11.4 Å². The Balaban J connectivity index is 2.21. The van der Waals surface area contributed by atoms with Crippen molar-refractivity contribution in [3.63, 3.8) is 0 Å². The van der Waals surface area contributed by atoms with Gasteiger partial charge in [0.1, 0.15) is 0 Å². The number of pyridine rings is 1. The van der Waals surface area contributed by atoms with Gasteiger partial charge in [0.25, 0.3) is 0 Å². The molecule has 1 heterocycles. The second kappa shape index (κ2) is 4.24. The summed E-state index contributed by atoms with van der Waals surface area (Å²) in [6.07, 6.45) is 7.88. The second-order valence-electron chi connectivity index (χ2n) is 4.84. The fourth-order valence-corrected chi connectivity index (χ4v) is 2.62. The van der Waals surface area contributed by atoms with Crippen LogP contribution in [0.3, 0.4) is 0 Å². The van der Waals surface area contributed by atoms with Crippen LogP contribution in [0, 0.1) is 12.3 Å². The maximum absolute atomic E-state index is 11.4. The van der Waals surface area contributed by atoms with Gasteiger partial charge in [0.2, 0.25) is 0 Å². The number of carboxylic acid groups (broad SMARTS) is 1. The van der Waals surface area contributed by atoms with Gasteiger partial charge >= 0.3 is 5.97 Å². The van der Waals surface area contributed by atoms with Crippen molar-refractivity contribution in [3.8, 4) is 0 Å². The quantitative estimate of drug-likeness (QED) is 0.850. The number of aromatic nitrogens is 1. The molecule has 0 radical (unpaired) electrons. The number of nitrogens with zero attached hydrogens (tertiary/aromatic N) is 1. The van der Waals surface area contributed by atoms with E-state index in [4.69, 9.17) is 0 Å². The first kappa shape index (κ1) is 11.1. The summed E-state index contributed by atoms with van der Waals surface area (Å²) in [5.74, 6) is -0.647. The van der Waals surface area contributed by atoms with Crippen LogP contribution < -0.4 is 0 Å². The number of carboxylic acids is 1. The molecular formula is C13H17NO2. The lowest BCUT2D eigenvalue weighted by molar-refractivity contribution is -0.148. The minimum absolute atomic E-state index is 0.532. The summed E-state index contributed by atoms with van der Waals surface area (Å²) in [5.41, 5.74) is 1.61. The Morgan fingerprint density at radius 1 is 1.44 bits per heavy atom. The van der Waals surface area contributed by atoms with Crippen molar-refractivity contribution in [3.05, 3.63) is 29.6 Å². The SMILES string of the molecule is Cc1cncc(CC2(C(=O)O)CCCC2)c1. The van der Waals surface area contributed by atoms with Gasteiger partial charge in [0.05, 0.1) is 5.41 Å². The van der Waals surface area contributed by atoms with Gasteiger partial charge in [0.15, 0.2) is 0 Å². The van der Waals surface area contributed by atoms with Gasteiger partial charge in [-0.05, 0) is 37.3 Å². The Bertz CT molecular complexity index is 395. The van der Waals surface area contributed by atoms with Gasteiger partial charge in [-0.1, -0.05) is 18.9 Å². The Morgan fingerprint density at radius 2 is 2.12 bits per heavy atom. The number of hydrogen-bond donors (Lipinski definition) is 1. The molecule has 0 unspecified atom stereocenters. The van der Waals surface area contributed by atoms with Gasteiger partial charge in [-0.25, -0.2) is 0 Å². The molecule has 3 nitrogen and oxygen atoms in total. The summed E-state index contributed by atoms with van der Waals surface area (Å²) >= 11 is 0. The lowest BCUT2D eigenvalue weighted by atomic mass is 9.80. The summed E-state index contributed by atoms with van der Waals surface area (Å²) in [6.45, 7) is 1.98. The molecule has 0 aliphatic heterocycles. The highest BCUT2D eigenvalue weighted by atomic mass is 16.4. The first-order valence-corrected chi connectivity index (χ1v) is 5.76. The van der Waals surface area contributed by atoms with Gasteiger partial charge in [-0.2, -0.15) is 0 Å². The van der Waals surface area contributed by atoms with Crippen LogP contribution in [0.5, 0.6) is 0 Å². The third-order valence-electron chi connectivity index (χ3n) is 3.49. The molecule has 1 N–H and O–H groups in total. The molecule has 3 heteroatoms. The molecule has 0 bridgehead atoms. The largest absolute Gasteiger partial charge is 0.481 e. The first-order chi connectivity index (χ1) is 7.62. The maximum Gasteiger partial charge on any atom is 0.309 e. The van der Waals surface area contributed by atoms with E-state index >= 15 is 0 Å². The van der Waals surface area contributed by atoms with Crippen molar-refractivity contribution in [2.75, 3.05) is 0 Å². The van der Waals surface area contributed by atoms with Crippen molar-refractivity contribution >= 4 is 5.97 Å². The molecule has 0 saturated heterocycles. The monoisotopic (exact) mass is 219 g/mol. The lowest BCUT2D eigenvalue weighted by Crippen LogP contribution is -2.30. The van der Waals surface area contributed by atoms with Crippen molar-refractivity contribution in [1.82, 2.24) is 4.98 Å². The van der Waals surface area contributed by atoms with E-state index in [0.717, 1.165) is 36.8 Å². The third-order valence-corrected chi connectivity index (χ3v) is 3.49. The summed E-state index contributed by atoms with van der Waals surface area (Å²) in [4.78, 5) is 15.5. The van der Waals surface area contributed by atoms with Crippen molar-refractivity contribution < 1.29 is 9.90 Å². The van der Waals surface area contributed by atoms with E-state index in [2.05, 4.69) is 4.98 Å². The van der Waals surface area contributed by atoms with Crippen LogP contribution in [0.4, 0.5) is 0 Å². The van der Waals surface area contributed by atoms with Crippen LogP contribution in [0.15, 0.2) is 18.5 Å². The molecule has 1 aliphatic carbocycles. The number of aliphatic carboxylic acids is 1. The van der Waals surface area contributed by atoms with Crippen molar-refractivity contribution in [1.29, 1.82) is 0 Å². The number of aryl methyl sites for hydroxylation is 1. The summed E-state index contributed by atoms with van der Waals surface area (Å²) in [7, 11) is 0. The molecule has 1 fully saturated rings. The van der Waals surface area contributed by atoms with Crippen LogP contribution in [-0.4, -0.2) is 16.1 Å². The minimum atomic E-state index is -0.647. The molecule has 2 rings (SSSR count). The van der Waals surface area contributed by atoms with Crippen LogP contribution >= 0.6 is 0 Å². The van der Waals surface area contributed by atoms with E-state index in [1.165, 1.54) is 0 Å². The molecule has 0 atom stereocenters. The average molecular weight is 219 g/mol. The Labute approximate surface area is 95.5 Å². The zero-order chi connectivity index (χ0) is 11.6. The van der Waals surface area contributed by atoms with E-state index in [1.807, 2.05) is 13.0 Å². The van der Waals surface area contributed by atoms with E-state index in [0.29, 0.717) is 6.42 Å². The third kappa shape index (κ3) is 2.08. The Kier molecular flexibility index (Phi) is 2.95. The predicted octanol–water partition coefficient (Wildman–Crippen LogP) is 2.58. The van der Waals surface area contributed by atoms with E-state index in [9.17, 15) is 9.90 Å². The molecule has 1 saturated carbocycles. The molecule has 1 aromatic rings. The van der Waals surface area contributed by atoms with Crippen molar-refractivity contribution in [2.45, 2.75) is 39.0 Å². The van der Waals surface area contributed by atoms with E-state index in [-0.39, 0.29) is 0 Å². The molecular weight excluding hydrogens is 202 g/mol. The highest BCUT2D eigenvalue weighted by molar-refractivity contribution is 5.75. The standard InChI is InChI=1S/C13H17NO2/c1-10-6-11(9-14-8-10)7-13(12(15)16)4-2-3-5-13/h6,8-9H,2-5,7H2,1H3,(H,15,16). The lowest BCUT2D eigenvalue weighted by Gasteiger charge is -2.23. The molecule has 0 spiro atoms. The van der Waals surface area contributed by atoms with E-state index in [1.54, 1.807) is 12.4 Å². The normalized spacial score (nSPS) is 18.6. The maximum atomic E-state index is 11.4. The topological polar surface area (TPSA) is 50.2 Å². The van der Waals surface area contributed by atoms with Crippen LogP contribution in [-0.2, 0) is 11.2 Å². The number of rotatable bonds is 3. The van der Waals surface area contributed by atoms with Gasteiger partial charge in [-0.3, -0.25) is 9.78 Å². The number of hydrogen-bond acceptors (Lipinski definition) is 2. The molecule has 1 aromatic heterocycles. The molecule has 86 valence electrons. The van der Waals surface area contributed by atoms with Crippen LogP contribution in [0.2, 0.25) is 0 Å². The van der Waals surface area contributed by atoms with Gasteiger partial charge in [0, 0.05) is 12.4 Å². The molecule has 0 amide bonds. The highest BCUT2D eigenvalue weighted by Crippen LogP contribution is 2.41. The zero-order valence-corrected chi connectivity index (χ0v) is 9.57. The van der Waals surface area contributed by atoms with Gasteiger partial charge in [-0.15, -0.1) is 0 Å². The van der Waals surface area contributed by atoms with Gasteiger partial charge < -0.3 is 5.11 Å². The summed E-state index contributed by atoms with van der Waals surface area (Å²) < 4.78 is 0. The predicted molar refractivity (Wildman–Crippen MR) is 61.2 cm³/mol. The smallest absolute Gasteiger partial charge is 0.309 e. The second-order valence-corrected chi connectivity index (χ2v) is 4.84. The highest BCUT2D eigenvalue weighted by Gasteiger charge is 2.41. The fraction of sp³-hybridized carbons (Fsp3) is 0.538. The van der Waals surface area contributed by atoms with Crippen LogP contribution in [0.25, 0.3) is 0 Å². The number of carbonyl (C=O) groups is 1. The first-order valence-electron chi connectivity index (χ1n) is 5.76. The molecule has 0 aromatic carbocycles. The summed E-state index contributed by atoms with van der Waals surface area (Å²) in [5, 5.41) is 9.37. The van der Waals surface area contributed by atoms with Crippen LogP contribution in [0.1, 0.15) is 36.8 Å². The van der Waals surface area contributed by atoms with Crippen molar-refractivity contribution in [2.24, 2.45) is 5.41 Å². The molecule has 1 aliphatic rings. The Morgan fingerprint density at radius 3 is 2.69 bits per heavy atom. The zero-order valence-electron chi connectivity index (χ0n) is 9.57. The average Bonchev–Trinajstić information content (AvgIpc) is 2.67. The summed E-state index contributed by atoms with van der Waals surface area (Å²) in [6, 6.07) is 2.04.